The molecule has 0 radical (unpaired) electrons. The lowest BCUT2D eigenvalue weighted by Gasteiger charge is -2.20. The van der Waals surface area contributed by atoms with Crippen molar-refractivity contribution in [2.24, 2.45) is 0 Å². The third-order valence-corrected chi connectivity index (χ3v) is 3.47. The summed E-state index contributed by atoms with van der Waals surface area (Å²) >= 11 is 0. The molecule has 0 unspecified atom stereocenters. The van der Waals surface area contributed by atoms with E-state index in [9.17, 15) is 0 Å². The summed E-state index contributed by atoms with van der Waals surface area (Å²) in [5.74, 6) is 1.08. The van der Waals surface area contributed by atoms with Crippen molar-refractivity contribution in [1.29, 1.82) is 0 Å². The van der Waals surface area contributed by atoms with Crippen LogP contribution < -0.4 is 10.2 Å². The zero-order chi connectivity index (χ0) is 13.7. The van der Waals surface area contributed by atoms with E-state index in [-0.39, 0.29) is 0 Å². The van der Waals surface area contributed by atoms with E-state index in [4.69, 9.17) is 0 Å². The monoisotopic (exact) mass is 262 g/mol. The minimum Gasteiger partial charge on any atom is -0.360 e. The number of pyridine rings is 1. The van der Waals surface area contributed by atoms with Crippen molar-refractivity contribution < 1.29 is 0 Å². The van der Waals surface area contributed by atoms with Crippen molar-refractivity contribution in [3.8, 4) is 0 Å². The standard InChI is InChI=1S/C15H26N4/c1-18(2)9-4-10-19(3)15-11-13(7-8-16-15)12-17-14-5-6-14/h7-8,11,14,17H,4-6,9-10,12H2,1-3H3. The number of rotatable bonds is 8. The normalized spacial score (nSPS) is 14.9. The Kier molecular flexibility index (Phi) is 5.16. The van der Waals surface area contributed by atoms with Gasteiger partial charge >= 0.3 is 0 Å². The fraction of sp³-hybridized carbons (Fsp3) is 0.667. The van der Waals surface area contributed by atoms with Gasteiger partial charge in [-0.15, -0.1) is 0 Å². The fourth-order valence-corrected chi connectivity index (χ4v) is 2.07. The van der Waals surface area contributed by atoms with E-state index in [1.54, 1.807) is 0 Å². The molecule has 0 aromatic carbocycles. The van der Waals surface area contributed by atoms with Gasteiger partial charge in [-0.05, 0) is 57.6 Å². The molecule has 1 aliphatic carbocycles. The highest BCUT2D eigenvalue weighted by molar-refractivity contribution is 5.40. The van der Waals surface area contributed by atoms with Gasteiger partial charge in [0.15, 0.2) is 0 Å². The van der Waals surface area contributed by atoms with Gasteiger partial charge in [-0.3, -0.25) is 0 Å². The molecular weight excluding hydrogens is 236 g/mol. The Hall–Kier alpha value is -1.13. The molecule has 1 saturated carbocycles. The molecule has 0 amide bonds. The Bertz CT molecular complexity index is 387. The van der Waals surface area contributed by atoms with Crippen LogP contribution in [0.4, 0.5) is 5.82 Å². The van der Waals surface area contributed by atoms with E-state index in [1.165, 1.54) is 18.4 Å². The van der Waals surface area contributed by atoms with Crippen molar-refractivity contribution in [3.05, 3.63) is 23.9 Å². The number of nitrogens with zero attached hydrogens (tertiary/aromatic N) is 3. The summed E-state index contributed by atoms with van der Waals surface area (Å²) in [4.78, 5) is 8.92. The molecule has 106 valence electrons. The van der Waals surface area contributed by atoms with Crippen molar-refractivity contribution >= 4 is 5.82 Å². The highest BCUT2D eigenvalue weighted by Gasteiger charge is 2.19. The van der Waals surface area contributed by atoms with Gasteiger partial charge in [0.1, 0.15) is 5.82 Å². The first-order valence-electron chi connectivity index (χ1n) is 7.19. The predicted molar refractivity (Wildman–Crippen MR) is 80.5 cm³/mol. The van der Waals surface area contributed by atoms with Crippen molar-refractivity contribution in [2.75, 3.05) is 39.1 Å². The maximum absolute atomic E-state index is 4.46. The molecule has 4 heteroatoms. The summed E-state index contributed by atoms with van der Waals surface area (Å²) in [6.07, 6.45) is 5.75. The molecule has 1 N–H and O–H groups in total. The van der Waals surface area contributed by atoms with Gasteiger partial charge in [0.25, 0.3) is 0 Å². The number of aromatic nitrogens is 1. The minimum absolute atomic E-state index is 0.759. The molecule has 0 spiro atoms. The second kappa shape index (κ2) is 6.87. The van der Waals surface area contributed by atoms with Crippen molar-refractivity contribution in [3.63, 3.8) is 0 Å². The topological polar surface area (TPSA) is 31.4 Å². The quantitative estimate of drug-likeness (QED) is 0.773. The summed E-state index contributed by atoms with van der Waals surface area (Å²) in [6.45, 7) is 3.13. The van der Waals surface area contributed by atoms with E-state index < -0.39 is 0 Å². The zero-order valence-corrected chi connectivity index (χ0v) is 12.4. The molecular formula is C15H26N4. The van der Waals surface area contributed by atoms with Crippen LogP contribution in [0.25, 0.3) is 0 Å². The third kappa shape index (κ3) is 5.17. The van der Waals surface area contributed by atoms with Crippen LogP contribution in [0.5, 0.6) is 0 Å². The molecule has 1 aromatic heterocycles. The Balaban J connectivity index is 1.81. The summed E-state index contributed by atoms with van der Waals surface area (Å²) in [5, 5.41) is 3.54. The van der Waals surface area contributed by atoms with Crippen LogP contribution in [0.3, 0.4) is 0 Å². The summed E-state index contributed by atoms with van der Waals surface area (Å²) < 4.78 is 0. The highest BCUT2D eigenvalue weighted by Crippen LogP contribution is 2.19. The molecule has 1 heterocycles. The van der Waals surface area contributed by atoms with Crippen LogP contribution in [-0.2, 0) is 6.54 Å². The number of hydrogen-bond donors (Lipinski definition) is 1. The van der Waals surface area contributed by atoms with Crippen LogP contribution in [0.15, 0.2) is 18.3 Å². The lowest BCUT2D eigenvalue weighted by molar-refractivity contribution is 0.401. The molecule has 4 nitrogen and oxygen atoms in total. The van der Waals surface area contributed by atoms with E-state index in [1.807, 2.05) is 6.20 Å². The van der Waals surface area contributed by atoms with Gasteiger partial charge < -0.3 is 15.1 Å². The summed E-state index contributed by atoms with van der Waals surface area (Å²) in [6, 6.07) is 5.06. The Morgan fingerprint density at radius 3 is 2.74 bits per heavy atom. The molecule has 0 saturated heterocycles. The first-order valence-corrected chi connectivity index (χ1v) is 7.19. The third-order valence-electron chi connectivity index (χ3n) is 3.47. The average Bonchev–Trinajstić information content (AvgIpc) is 3.20. The van der Waals surface area contributed by atoms with Gasteiger partial charge in [-0.2, -0.15) is 0 Å². The van der Waals surface area contributed by atoms with Crippen molar-refractivity contribution in [1.82, 2.24) is 15.2 Å². The lowest BCUT2D eigenvalue weighted by Crippen LogP contribution is -2.24. The van der Waals surface area contributed by atoms with Crippen LogP contribution in [0.2, 0.25) is 0 Å². The van der Waals surface area contributed by atoms with E-state index in [2.05, 4.69) is 53.4 Å². The largest absolute Gasteiger partial charge is 0.360 e. The van der Waals surface area contributed by atoms with Gasteiger partial charge in [-0.25, -0.2) is 4.98 Å². The summed E-state index contributed by atoms with van der Waals surface area (Å²) in [7, 11) is 6.35. The first kappa shape index (κ1) is 14.3. The zero-order valence-electron chi connectivity index (χ0n) is 12.4. The van der Waals surface area contributed by atoms with Gasteiger partial charge in [0.2, 0.25) is 0 Å². The van der Waals surface area contributed by atoms with E-state index >= 15 is 0 Å². The van der Waals surface area contributed by atoms with Crippen LogP contribution >= 0.6 is 0 Å². The first-order chi connectivity index (χ1) is 9.15. The fourth-order valence-electron chi connectivity index (χ4n) is 2.07. The molecule has 1 aromatic rings. The van der Waals surface area contributed by atoms with Gasteiger partial charge in [-0.1, -0.05) is 0 Å². The number of anilines is 1. The summed E-state index contributed by atoms with van der Waals surface area (Å²) in [5.41, 5.74) is 1.33. The lowest BCUT2D eigenvalue weighted by atomic mass is 10.2. The molecule has 2 rings (SSSR count). The van der Waals surface area contributed by atoms with E-state index in [0.717, 1.165) is 37.9 Å². The van der Waals surface area contributed by atoms with Gasteiger partial charge in [0, 0.05) is 32.4 Å². The van der Waals surface area contributed by atoms with E-state index in [0.29, 0.717) is 0 Å². The number of hydrogen-bond acceptors (Lipinski definition) is 4. The predicted octanol–water partition coefficient (Wildman–Crippen LogP) is 1.72. The second-order valence-electron chi connectivity index (χ2n) is 5.76. The molecule has 1 aliphatic rings. The molecule has 1 fully saturated rings. The smallest absolute Gasteiger partial charge is 0.128 e. The SMILES string of the molecule is CN(C)CCCN(C)c1cc(CNC2CC2)ccn1. The molecule has 19 heavy (non-hydrogen) atoms. The Morgan fingerprint density at radius 1 is 1.26 bits per heavy atom. The van der Waals surface area contributed by atoms with Crippen LogP contribution in [0, 0.1) is 0 Å². The molecule has 0 aliphatic heterocycles. The van der Waals surface area contributed by atoms with Gasteiger partial charge in [0.05, 0.1) is 0 Å². The number of nitrogens with one attached hydrogen (secondary N) is 1. The second-order valence-corrected chi connectivity index (χ2v) is 5.76. The maximum Gasteiger partial charge on any atom is 0.128 e. The Labute approximate surface area is 116 Å². The highest BCUT2D eigenvalue weighted by atomic mass is 15.2. The molecule has 0 bridgehead atoms. The average molecular weight is 262 g/mol. The van der Waals surface area contributed by atoms with Crippen LogP contribution in [0.1, 0.15) is 24.8 Å². The van der Waals surface area contributed by atoms with Crippen LogP contribution in [-0.4, -0.2) is 50.2 Å². The maximum atomic E-state index is 4.46. The van der Waals surface area contributed by atoms with Crippen molar-refractivity contribution in [2.45, 2.75) is 31.8 Å². The minimum atomic E-state index is 0.759. The Morgan fingerprint density at radius 2 is 2.05 bits per heavy atom. The molecule has 0 atom stereocenters.